The van der Waals surface area contributed by atoms with Crippen LogP contribution in [0.15, 0.2) is 84.9 Å². The molecule has 0 radical (unpaired) electrons. The van der Waals surface area contributed by atoms with Crippen LogP contribution in [0.25, 0.3) is 34.2 Å². The lowest BCUT2D eigenvalue weighted by Gasteiger charge is -2.08. The lowest BCUT2D eigenvalue weighted by Crippen LogP contribution is -2.00. The fourth-order valence-electron chi connectivity index (χ4n) is 2.64. The second-order valence-electron chi connectivity index (χ2n) is 6.61. The molecule has 3 aromatic carbocycles. The van der Waals surface area contributed by atoms with Gasteiger partial charge in [-0.05, 0) is 6.92 Å². The highest BCUT2D eigenvalue weighted by Gasteiger charge is 2.11. The molecule has 0 atom stereocenters. The van der Waals surface area contributed by atoms with E-state index in [1.54, 1.807) is 0 Å². The second-order valence-corrected chi connectivity index (χ2v) is 6.61. The van der Waals surface area contributed by atoms with Crippen LogP contribution in [0.3, 0.4) is 0 Å². The van der Waals surface area contributed by atoms with Crippen LogP contribution in [0.5, 0.6) is 0 Å². The number of aryl methyl sites for hydroxylation is 1. The molecule has 1 aromatic heterocycles. The van der Waals surface area contributed by atoms with E-state index in [-0.39, 0.29) is 0 Å². The van der Waals surface area contributed by atoms with Crippen LogP contribution < -0.4 is 0 Å². The third-order valence-corrected chi connectivity index (χ3v) is 4.01. The first-order chi connectivity index (χ1) is 15.7. The monoisotopic (exact) mass is 427 g/mol. The smallest absolute Gasteiger partial charge is 0.164 e. The van der Waals surface area contributed by atoms with Gasteiger partial charge in [0.25, 0.3) is 0 Å². The molecule has 1 heterocycles. The quantitative estimate of drug-likeness (QED) is 0.328. The molecule has 0 aliphatic carbocycles. The minimum atomic E-state index is 0.685. The second kappa shape index (κ2) is 15.5. The first-order valence-corrected chi connectivity index (χ1v) is 11.6. The van der Waals surface area contributed by atoms with Crippen molar-refractivity contribution < 1.29 is 0 Å². The summed E-state index contributed by atoms with van der Waals surface area (Å²) in [7, 11) is 0. The molecule has 4 rings (SSSR count). The van der Waals surface area contributed by atoms with Crippen LogP contribution in [-0.4, -0.2) is 15.0 Å². The van der Waals surface area contributed by atoms with Gasteiger partial charge in [0.15, 0.2) is 17.5 Å². The van der Waals surface area contributed by atoms with Crippen molar-refractivity contribution in [2.75, 3.05) is 0 Å². The van der Waals surface area contributed by atoms with Crippen molar-refractivity contribution in [1.82, 2.24) is 15.0 Å². The van der Waals surface area contributed by atoms with E-state index in [2.05, 4.69) is 32.9 Å². The van der Waals surface area contributed by atoms with Crippen molar-refractivity contribution in [3.05, 3.63) is 90.5 Å². The van der Waals surface area contributed by atoms with Gasteiger partial charge in [0.2, 0.25) is 0 Å². The molecule has 0 saturated carbocycles. The van der Waals surface area contributed by atoms with Crippen LogP contribution in [-0.2, 0) is 0 Å². The summed E-state index contributed by atoms with van der Waals surface area (Å²) in [5, 5.41) is 0. The standard InChI is InChI=1S/C22H17N3.C3H8.2C2H6/c1-16-12-14-19(15-13-16)22-24-20(17-8-4-2-5-9-17)23-21(25-22)18-10-6-3-7-11-18;1-3-2;2*1-2/h2-15H,1H3;3H2,1-2H3;2*1-2H3. The zero-order chi connectivity index (χ0) is 23.8. The van der Waals surface area contributed by atoms with Crippen LogP contribution in [0, 0.1) is 6.92 Å². The van der Waals surface area contributed by atoms with E-state index >= 15 is 0 Å². The third-order valence-electron chi connectivity index (χ3n) is 4.01. The van der Waals surface area contributed by atoms with Gasteiger partial charge in [-0.2, -0.15) is 0 Å². The molecular formula is C29H37N3. The molecule has 0 aliphatic heterocycles. The Kier molecular flexibility index (Phi) is 12.9. The van der Waals surface area contributed by atoms with Crippen LogP contribution in [0.1, 0.15) is 53.5 Å². The molecule has 3 nitrogen and oxygen atoms in total. The van der Waals surface area contributed by atoms with Gasteiger partial charge in [-0.3, -0.25) is 0 Å². The van der Waals surface area contributed by atoms with Gasteiger partial charge in [0.1, 0.15) is 0 Å². The van der Waals surface area contributed by atoms with Crippen molar-refractivity contribution in [2.24, 2.45) is 0 Å². The van der Waals surface area contributed by atoms with Crippen LogP contribution >= 0.6 is 0 Å². The minimum Gasteiger partial charge on any atom is -0.208 e. The normalized spacial score (nSPS) is 9.22. The lowest BCUT2D eigenvalue weighted by molar-refractivity contribution is 1.07. The Bertz CT molecular complexity index is 938. The number of hydrogen-bond donors (Lipinski definition) is 0. The SMILES string of the molecule is CC.CC.CCC.Cc1ccc(-c2nc(-c3ccccc3)nc(-c3ccccc3)n2)cc1. The summed E-state index contributed by atoms with van der Waals surface area (Å²) in [6.45, 7) is 14.3. The summed E-state index contributed by atoms with van der Waals surface area (Å²) in [6, 6.07) is 28.3. The summed E-state index contributed by atoms with van der Waals surface area (Å²) >= 11 is 0. The molecule has 168 valence electrons. The molecule has 0 N–H and O–H groups in total. The Hall–Kier alpha value is -3.33. The summed E-state index contributed by atoms with van der Waals surface area (Å²) in [5.74, 6) is 2.06. The van der Waals surface area contributed by atoms with E-state index < -0.39 is 0 Å². The van der Waals surface area contributed by atoms with E-state index in [1.807, 2.05) is 100 Å². The van der Waals surface area contributed by atoms with Gasteiger partial charge < -0.3 is 0 Å². The fraction of sp³-hybridized carbons (Fsp3) is 0.276. The number of rotatable bonds is 3. The average Bonchev–Trinajstić information content (AvgIpc) is 2.88. The zero-order valence-electron chi connectivity index (χ0n) is 20.6. The predicted molar refractivity (Wildman–Crippen MR) is 140 cm³/mol. The Morgan fingerprint density at radius 1 is 0.469 bits per heavy atom. The van der Waals surface area contributed by atoms with Crippen molar-refractivity contribution in [3.8, 4) is 34.2 Å². The first-order valence-electron chi connectivity index (χ1n) is 11.6. The predicted octanol–water partition coefficient (Wildman–Crippen LogP) is 8.65. The highest BCUT2D eigenvalue weighted by molar-refractivity contribution is 5.66. The largest absolute Gasteiger partial charge is 0.208 e. The molecule has 0 amide bonds. The summed E-state index contributed by atoms with van der Waals surface area (Å²) in [5.41, 5.74) is 4.16. The van der Waals surface area contributed by atoms with Gasteiger partial charge in [0, 0.05) is 16.7 Å². The highest BCUT2D eigenvalue weighted by Crippen LogP contribution is 2.24. The molecule has 0 fully saturated rings. The number of aromatic nitrogens is 3. The van der Waals surface area contributed by atoms with E-state index in [4.69, 9.17) is 15.0 Å². The molecule has 0 aliphatic rings. The highest BCUT2D eigenvalue weighted by atomic mass is 15.0. The maximum absolute atomic E-state index is 4.71. The van der Waals surface area contributed by atoms with E-state index in [1.165, 1.54) is 12.0 Å². The van der Waals surface area contributed by atoms with E-state index in [9.17, 15) is 0 Å². The summed E-state index contributed by atoms with van der Waals surface area (Å²) < 4.78 is 0. The van der Waals surface area contributed by atoms with Crippen molar-refractivity contribution in [3.63, 3.8) is 0 Å². The molecule has 0 saturated heterocycles. The minimum absolute atomic E-state index is 0.685. The third kappa shape index (κ3) is 8.07. The van der Waals surface area contributed by atoms with Gasteiger partial charge in [-0.15, -0.1) is 0 Å². The molecule has 0 unspecified atom stereocenters. The average molecular weight is 428 g/mol. The van der Waals surface area contributed by atoms with E-state index in [0.717, 1.165) is 16.7 Å². The maximum atomic E-state index is 4.71. The number of nitrogens with zero attached hydrogens (tertiary/aromatic N) is 3. The topological polar surface area (TPSA) is 38.7 Å². The Morgan fingerprint density at radius 3 is 1.06 bits per heavy atom. The van der Waals surface area contributed by atoms with Crippen molar-refractivity contribution in [1.29, 1.82) is 0 Å². The van der Waals surface area contributed by atoms with Gasteiger partial charge in [0.05, 0.1) is 0 Å². The molecule has 0 spiro atoms. The fourth-order valence-corrected chi connectivity index (χ4v) is 2.64. The van der Waals surface area contributed by atoms with Gasteiger partial charge in [-0.1, -0.05) is 138 Å². The summed E-state index contributed by atoms with van der Waals surface area (Å²) in [6.07, 6.45) is 1.25. The van der Waals surface area contributed by atoms with Crippen LogP contribution in [0.2, 0.25) is 0 Å². The molecule has 3 heteroatoms. The number of hydrogen-bond acceptors (Lipinski definition) is 3. The lowest BCUT2D eigenvalue weighted by atomic mass is 10.1. The van der Waals surface area contributed by atoms with Crippen LogP contribution in [0.4, 0.5) is 0 Å². The Morgan fingerprint density at radius 2 is 0.750 bits per heavy atom. The molecule has 32 heavy (non-hydrogen) atoms. The summed E-state index contributed by atoms with van der Waals surface area (Å²) in [4.78, 5) is 14.1. The zero-order valence-corrected chi connectivity index (χ0v) is 20.6. The first kappa shape index (κ1) is 26.7. The van der Waals surface area contributed by atoms with Crippen molar-refractivity contribution >= 4 is 0 Å². The number of benzene rings is 3. The molecule has 4 aromatic rings. The van der Waals surface area contributed by atoms with E-state index in [0.29, 0.717) is 17.5 Å². The van der Waals surface area contributed by atoms with Crippen molar-refractivity contribution in [2.45, 2.75) is 54.9 Å². The Labute approximate surface area is 194 Å². The van der Waals surface area contributed by atoms with Gasteiger partial charge >= 0.3 is 0 Å². The van der Waals surface area contributed by atoms with Gasteiger partial charge in [-0.25, -0.2) is 15.0 Å². The molecular weight excluding hydrogens is 390 g/mol. The molecule has 0 bridgehead atoms. The maximum Gasteiger partial charge on any atom is 0.164 e. The Balaban J connectivity index is 0.000000662.